The van der Waals surface area contributed by atoms with Gasteiger partial charge in [-0.25, -0.2) is 0 Å². The van der Waals surface area contributed by atoms with Gasteiger partial charge in [-0.1, -0.05) is 13.0 Å². The number of hydrogen-bond donors (Lipinski definition) is 0. The van der Waals surface area contributed by atoms with E-state index < -0.39 is 0 Å². The molecule has 1 heterocycles. The minimum absolute atomic E-state index is 0.181. The molecule has 1 aromatic rings. The second kappa shape index (κ2) is 6.58. The molecule has 0 spiro atoms. The Kier molecular flexibility index (Phi) is 5.36. The topological polar surface area (TPSA) is 29.5 Å². The molecule has 4 heteroatoms. The zero-order valence-electron chi connectivity index (χ0n) is 9.23. The number of hydrogen-bond acceptors (Lipinski definition) is 3. The molecule has 0 unspecified atom stereocenters. The van der Waals surface area contributed by atoms with Gasteiger partial charge in [0.2, 0.25) is 5.91 Å². The van der Waals surface area contributed by atoms with E-state index in [0.717, 1.165) is 0 Å². The molecular formula is C11H17NO2S. The summed E-state index contributed by atoms with van der Waals surface area (Å²) < 4.78 is 5.00. The molecule has 0 saturated heterocycles. The van der Waals surface area contributed by atoms with Gasteiger partial charge in [-0.05, 0) is 11.4 Å². The second-order valence-electron chi connectivity index (χ2n) is 3.24. The molecular weight excluding hydrogens is 210 g/mol. The Bertz CT molecular complexity index is 285. The van der Waals surface area contributed by atoms with Gasteiger partial charge in [-0.2, -0.15) is 0 Å². The van der Waals surface area contributed by atoms with Crippen LogP contribution >= 0.6 is 11.3 Å². The molecule has 0 saturated carbocycles. The van der Waals surface area contributed by atoms with E-state index >= 15 is 0 Å². The maximum Gasteiger partial charge on any atom is 0.222 e. The Hall–Kier alpha value is -0.870. The molecule has 1 amide bonds. The SMILES string of the molecule is CCC(=O)N(CCOC)Cc1cccs1. The van der Waals surface area contributed by atoms with Crippen LogP contribution in [0.25, 0.3) is 0 Å². The van der Waals surface area contributed by atoms with Crippen molar-refractivity contribution in [3.63, 3.8) is 0 Å². The van der Waals surface area contributed by atoms with E-state index in [4.69, 9.17) is 4.74 Å². The number of carbonyl (C=O) groups is 1. The smallest absolute Gasteiger partial charge is 0.222 e. The lowest BCUT2D eigenvalue weighted by Crippen LogP contribution is -2.32. The van der Waals surface area contributed by atoms with Crippen molar-refractivity contribution in [1.29, 1.82) is 0 Å². The van der Waals surface area contributed by atoms with Crippen LogP contribution in [0.2, 0.25) is 0 Å². The molecule has 84 valence electrons. The lowest BCUT2D eigenvalue weighted by atomic mass is 10.3. The van der Waals surface area contributed by atoms with E-state index in [-0.39, 0.29) is 5.91 Å². The minimum Gasteiger partial charge on any atom is -0.383 e. The van der Waals surface area contributed by atoms with E-state index in [2.05, 4.69) is 0 Å². The number of ether oxygens (including phenoxy) is 1. The maximum atomic E-state index is 11.6. The molecule has 3 nitrogen and oxygen atoms in total. The van der Waals surface area contributed by atoms with E-state index in [0.29, 0.717) is 26.1 Å². The van der Waals surface area contributed by atoms with E-state index in [1.54, 1.807) is 18.4 Å². The summed E-state index contributed by atoms with van der Waals surface area (Å²) in [6.07, 6.45) is 0.551. The van der Waals surface area contributed by atoms with Gasteiger partial charge in [0.15, 0.2) is 0 Å². The Morgan fingerprint density at radius 1 is 1.60 bits per heavy atom. The first-order chi connectivity index (χ1) is 7.27. The van der Waals surface area contributed by atoms with Crippen molar-refractivity contribution >= 4 is 17.2 Å². The summed E-state index contributed by atoms with van der Waals surface area (Å²) in [5.74, 6) is 0.181. The van der Waals surface area contributed by atoms with E-state index in [9.17, 15) is 4.79 Å². The van der Waals surface area contributed by atoms with Crippen LogP contribution in [0, 0.1) is 0 Å². The predicted molar refractivity (Wildman–Crippen MR) is 61.9 cm³/mol. The minimum atomic E-state index is 0.181. The highest BCUT2D eigenvalue weighted by atomic mass is 32.1. The standard InChI is InChI=1S/C11H17NO2S/c1-3-11(13)12(6-7-14-2)9-10-5-4-8-15-10/h4-5,8H,3,6-7,9H2,1-2H3. The third-order valence-electron chi connectivity index (χ3n) is 2.15. The molecule has 0 atom stereocenters. The first-order valence-corrected chi connectivity index (χ1v) is 5.95. The fraction of sp³-hybridized carbons (Fsp3) is 0.545. The number of nitrogens with zero attached hydrogens (tertiary/aromatic N) is 1. The van der Waals surface area contributed by atoms with E-state index in [1.165, 1.54) is 4.88 Å². The molecule has 0 aliphatic heterocycles. The number of thiophene rings is 1. The van der Waals surface area contributed by atoms with Gasteiger partial charge < -0.3 is 9.64 Å². The van der Waals surface area contributed by atoms with Gasteiger partial charge in [0.1, 0.15) is 0 Å². The summed E-state index contributed by atoms with van der Waals surface area (Å²) in [6.45, 7) is 3.85. The highest BCUT2D eigenvalue weighted by molar-refractivity contribution is 7.09. The zero-order valence-corrected chi connectivity index (χ0v) is 10.0. The fourth-order valence-corrected chi connectivity index (χ4v) is 2.03. The average Bonchev–Trinajstić information content (AvgIpc) is 2.75. The number of carbonyl (C=O) groups excluding carboxylic acids is 1. The highest BCUT2D eigenvalue weighted by Gasteiger charge is 2.11. The van der Waals surface area contributed by atoms with Gasteiger partial charge in [0, 0.05) is 25.0 Å². The van der Waals surface area contributed by atoms with Crippen molar-refractivity contribution in [1.82, 2.24) is 4.90 Å². The third kappa shape index (κ3) is 4.01. The molecule has 0 N–H and O–H groups in total. The largest absolute Gasteiger partial charge is 0.383 e. The Balaban J connectivity index is 2.52. The first-order valence-electron chi connectivity index (χ1n) is 5.07. The van der Waals surface area contributed by atoms with Gasteiger partial charge in [0.05, 0.1) is 13.2 Å². The molecule has 0 aromatic carbocycles. The molecule has 0 aliphatic rings. The normalized spacial score (nSPS) is 10.3. The molecule has 0 fully saturated rings. The van der Waals surface area contributed by atoms with Crippen LogP contribution in [-0.4, -0.2) is 31.1 Å². The average molecular weight is 227 g/mol. The molecule has 0 aliphatic carbocycles. The summed E-state index contributed by atoms with van der Waals surface area (Å²) in [6, 6.07) is 4.05. The molecule has 15 heavy (non-hydrogen) atoms. The van der Waals surface area contributed by atoms with Crippen LogP contribution < -0.4 is 0 Å². The third-order valence-corrected chi connectivity index (χ3v) is 3.01. The van der Waals surface area contributed by atoms with Crippen molar-refractivity contribution in [2.24, 2.45) is 0 Å². The van der Waals surface area contributed by atoms with Crippen molar-refractivity contribution < 1.29 is 9.53 Å². The monoisotopic (exact) mass is 227 g/mol. The van der Waals surface area contributed by atoms with Crippen LogP contribution in [-0.2, 0) is 16.1 Å². The lowest BCUT2D eigenvalue weighted by molar-refractivity contribution is -0.132. The number of amides is 1. The van der Waals surface area contributed by atoms with Crippen molar-refractivity contribution in [3.05, 3.63) is 22.4 Å². The first kappa shape index (κ1) is 12.2. The molecule has 0 bridgehead atoms. The molecule has 1 rings (SSSR count). The Morgan fingerprint density at radius 3 is 2.93 bits per heavy atom. The lowest BCUT2D eigenvalue weighted by Gasteiger charge is -2.21. The van der Waals surface area contributed by atoms with Crippen LogP contribution in [0.15, 0.2) is 17.5 Å². The quantitative estimate of drug-likeness (QED) is 0.745. The van der Waals surface area contributed by atoms with E-state index in [1.807, 2.05) is 29.3 Å². The van der Waals surface area contributed by atoms with Crippen molar-refractivity contribution in [2.75, 3.05) is 20.3 Å². The summed E-state index contributed by atoms with van der Waals surface area (Å²) in [7, 11) is 1.65. The Labute approximate surface area is 94.7 Å². The van der Waals surface area contributed by atoms with Crippen molar-refractivity contribution in [2.45, 2.75) is 19.9 Å². The Morgan fingerprint density at radius 2 is 2.40 bits per heavy atom. The van der Waals surface area contributed by atoms with Gasteiger partial charge >= 0.3 is 0 Å². The summed E-state index contributed by atoms with van der Waals surface area (Å²) in [4.78, 5) is 14.7. The molecule has 0 radical (unpaired) electrons. The van der Waals surface area contributed by atoms with Crippen molar-refractivity contribution in [3.8, 4) is 0 Å². The van der Waals surface area contributed by atoms with Crippen LogP contribution in [0.3, 0.4) is 0 Å². The number of rotatable bonds is 6. The second-order valence-corrected chi connectivity index (χ2v) is 4.27. The van der Waals surface area contributed by atoms with Gasteiger partial charge in [0.25, 0.3) is 0 Å². The van der Waals surface area contributed by atoms with Crippen LogP contribution in [0.4, 0.5) is 0 Å². The summed E-state index contributed by atoms with van der Waals surface area (Å²) in [5.41, 5.74) is 0. The summed E-state index contributed by atoms with van der Waals surface area (Å²) >= 11 is 1.68. The summed E-state index contributed by atoms with van der Waals surface area (Å²) in [5, 5.41) is 2.03. The zero-order chi connectivity index (χ0) is 11.1. The molecule has 1 aromatic heterocycles. The predicted octanol–water partition coefficient (Wildman–Crippen LogP) is 2.13. The highest BCUT2D eigenvalue weighted by Crippen LogP contribution is 2.12. The van der Waals surface area contributed by atoms with Gasteiger partial charge in [-0.15, -0.1) is 11.3 Å². The van der Waals surface area contributed by atoms with Crippen LogP contribution in [0.1, 0.15) is 18.2 Å². The fourth-order valence-electron chi connectivity index (χ4n) is 1.31. The maximum absolute atomic E-state index is 11.6. The van der Waals surface area contributed by atoms with Gasteiger partial charge in [-0.3, -0.25) is 4.79 Å². The van der Waals surface area contributed by atoms with Crippen LogP contribution in [0.5, 0.6) is 0 Å². The number of methoxy groups -OCH3 is 1.